The zero-order valence-corrected chi connectivity index (χ0v) is 14.8. The van der Waals surface area contributed by atoms with Gasteiger partial charge < -0.3 is 9.88 Å². The standard InChI is InChI=1S/C19H24F3N3/c1-11(2)19-18(10-23-16-5-4-13(20)7-16)24-12(3)25(19)17-8-14(21)6-15(22)9-17/h6,8-9,11,13,16,23H,4-5,7,10H2,1-3H3. The zero-order valence-electron chi connectivity index (χ0n) is 14.8. The first-order valence-corrected chi connectivity index (χ1v) is 8.77. The first kappa shape index (κ1) is 18.0. The van der Waals surface area contributed by atoms with Gasteiger partial charge in [0.2, 0.25) is 0 Å². The van der Waals surface area contributed by atoms with Gasteiger partial charge in [-0.1, -0.05) is 13.8 Å². The molecular formula is C19H24F3N3. The van der Waals surface area contributed by atoms with E-state index in [9.17, 15) is 13.2 Å². The molecule has 1 heterocycles. The SMILES string of the molecule is Cc1nc(CNC2CCC(F)C2)c(C(C)C)n1-c1cc(F)cc(F)c1. The molecule has 2 atom stereocenters. The molecule has 2 aromatic rings. The summed E-state index contributed by atoms with van der Waals surface area (Å²) < 4.78 is 42.5. The van der Waals surface area contributed by atoms with E-state index >= 15 is 0 Å². The molecule has 1 aliphatic rings. The quantitative estimate of drug-likeness (QED) is 0.856. The maximum atomic E-state index is 13.7. The van der Waals surface area contributed by atoms with Crippen molar-refractivity contribution < 1.29 is 13.2 Å². The van der Waals surface area contributed by atoms with Crippen molar-refractivity contribution in [2.45, 2.75) is 64.7 Å². The number of nitrogens with zero attached hydrogens (tertiary/aromatic N) is 2. The van der Waals surface area contributed by atoms with Gasteiger partial charge in [-0.3, -0.25) is 0 Å². The second-order valence-electron chi connectivity index (χ2n) is 7.10. The summed E-state index contributed by atoms with van der Waals surface area (Å²) in [6.45, 7) is 6.40. The molecule has 0 amide bonds. The Morgan fingerprint density at radius 1 is 1.20 bits per heavy atom. The van der Waals surface area contributed by atoms with Crippen LogP contribution in [0.15, 0.2) is 18.2 Å². The van der Waals surface area contributed by atoms with Crippen LogP contribution in [0.5, 0.6) is 0 Å². The van der Waals surface area contributed by atoms with E-state index in [4.69, 9.17) is 0 Å². The van der Waals surface area contributed by atoms with Crippen LogP contribution in [0.2, 0.25) is 0 Å². The summed E-state index contributed by atoms with van der Waals surface area (Å²) in [6.07, 6.45) is 1.24. The minimum absolute atomic E-state index is 0.127. The minimum Gasteiger partial charge on any atom is -0.308 e. The first-order chi connectivity index (χ1) is 11.8. The third-order valence-electron chi connectivity index (χ3n) is 4.74. The Balaban J connectivity index is 1.92. The zero-order chi connectivity index (χ0) is 18.1. The molecule has 1 fully saturated rings. The average Bonchev–Trinajstić information content (AvgIpc) is 3.07. The van der Waals surface area contributed by atoms with E-state index < -0.39 is 17.8 Å². The van der Waals surface area contributed by atoms with Crippen LogP contribution in [-0.2, 0) is 6.54 Å². The predicted octanol–water partition coefficient (Wildman–Crippen LogP) is 4.56. The fourth-order valence-electron chi connectivity index (χ4n) is 3.67. The Hall–Kier alpha value is -1.82. The number of imidazole rings is 1. The number of nitrogens with one attached hydrogen (secondary N) is 1. The molecule has 3 rings (SSSR count). The van der Waals surface area contributed by atoms with Crippen LogP contribution < -0.4 is 5.32 Å². The Morgan fingerprint density at radius 2 is 1.88 bits per heavy atom. The van der Waals surface area contributed by atoms with Gasteiger partial charge in [0.1, 0.15) is 23.6 Å². The van der Waals surface area contributed by atoms with E-state index in [0.717, 1.165) is 23.9 Å². The Bertz CT molecular complexity index is 734. The summed E-state index contributed by atoms with van der Waals surface area (Å²) in [6, 6.07) is 3.64. The van der Waals surface area contributed by atoms with Crippen LogP contribution in [0, 0.1) is 18.6 Å². The molecule has 0 radical (unpaired) electrons. The van der Waals surface area contributed by atoms with Crippen molar-refractivity contribution in [3.8, 4) is 5.69 Å². The lowest BCUT2D eigenvalue weighted by atomic mass is 10.1. The van der Waals surface area contributed by atoms with Crippen LogP contribution in [0.25, 0.3) is 5.69 Å². The number of alkyl halides is 1. The summed E-state index contributed by atoms with van der Waals surface area (Å²) in [7, 11) is 0. The van der Waals surface area contributed by atoms with Gasteiger partial charge >= 0.3 is 0 Å². The molecule has 1 saturated carbocycles. The fraction of sp³-hybridized carbons (Fsp3) is 0.526. The molecule has 1 N–H and O–H groups in total. The Kier molecular flexibility index (Phi) is 5.18. The molecule has 136 valence electrons. The van der Waals surface area contributed by atoms with Crippen molar-refractivity contribution in [1.29, 1.82) is 0 Å². The average molecular weight is 351 g/mol. The Labute approximate surface area is 146 Å². The molecular weight excluding hydrogens is 327 g/mol. The van der Waals surface area contributed by atoms with Crippen LogP contribution in [0.3, 0.4) is 0 Å². The third kappa shape index (κ3) is 3.89. The molecule has 0 spiro atoms. The highest BCUT2D eigenvalue weighted by Crippen LogP contribution is 2.27. The van der Waals surface area contributed by atoms with E-state index in [-0.39, 0.29) is 12.0 Å². The van der Waals surface area contributed by atoms with Gasteiger partial charge in [0.25, 0.3) is 0 Å². The molecule has 0 bridgehead atoms. The van der Waals surface area contributed by atoms with Crippen LogP contribution in [-0.4, -0.2) is 21.8 Å². The van der Waals surface area contributed by atoms with Crippen molar-refractivity contribution in [3.63, 3.8) is 0 Å². The van der Waals surface area contributed by atoms with Crippen LogP contribution in [0.4, 0.5) is 13.2 Å². The first-order valence-electron chi connectivity index (χ1n) is 8.77. The summed E-state index contributed by atoms with van der Waals surface area (Å²) >= 11 is 0. The topological polar surface area (TPSA) is 29.9 Å². The van der Waals surface area contributed by atoms with Gasteiger partial charge in [0.05, 0.1) is 11.4 Å². The highest BCUT2D eigenvalue weighted by Gasteiger charge is 2.25. The Morgan fingerprint density at radius 3 is 2.44 bits per heavy atom. The molecule has 3 nitrogen and oxygen atoms in total. The monoisotopic (exact) mass is 351 g/mol. The smallest absolute Gasteiger partial charge is 0.128 e. The molecule has 0 aliphatic heterocycles. The normalized spacial score (nSPS) is 20.6. The lowest BCUT2D eigenvalue weighted by molar-refractivity contribution is 0.333. The van der Waals surface area contributed by atoms with Gasteiger partial charge in [0, 0.05) is 24.3 Å². The molecule has 0 saturated heterocycles. The van der Waals surface area contributed by atoms with Crippen LogP contribution in [0.1, 0.15) is 56.2 Å². The highest BCUT2D eigenvalue weighted by atomic mass is 19.1. The summed E-state index contributed by atoms with van der Waals surface area (Å²) in [5.41, 5.74) is 2.20. The lowest BCUT2D eigenvalue weighted by Gasteiger charge is -2.16. The summed E-state index contributed by atoms with van der Waals surface area (Å²) in [4.78, 5) is 4.61. The second kappa shape index (κ2) is 7.20. The molecule has 25 heavy (non-hydrogen) atoms. The van der Waals surface area contributed by atoms with E-state index in [1.54, 1.807) is 4.57 Å². The van der Waals surface area contributed by atoms with E-state index in [2.05, 4.69) is 10.3 Å². The van der Waals surface area contributed by atoms with Gasteiger partial charge in [0.15, 0.2) is 0 Å². The van der Waals surface area contributed by atoms with Crippen molar-refractivity contribution in [1.82, 2.24) is 14.9 Å². The maximum absolute atomic E-state index is 13.7. The lowest BCUT2D eigenvalue weighted by Crippen LogP contribution is -2.27. The number of halogens is 3. The third-order valence-corrected chi connectivity index (χ3v) is 4.74. The number of benzene rings is 1. The summed E-state index contributed by atoms with van der Waals surface area (Å²) in [5, 5.41) is 3.37. The summed E-state index contributed by atoms with van der Waals surface area (Å²) in [5.74, 6) is -0.419. The van der Waals surface area contributed by atoms with Gasteiger partial charge in [-0.15, -0.1) is 0 Å². The van der Waals surface area contributed by atoms with Crippen molar-refractivity contribution in [3.05, 3.63) is 47.0 Å². The fourth-order valence-corrected chi connectivity index (χ4v) is 3.67. The number of rotatable bonds is 5. The van der Waals surface area contributed by atoms with E-state index in [1.807, 2.05) is 20.8 Å². The maximum Gasteiger partial charge on any atom is 0.128 e. The van der Waals surface area contributed by atoms with E-state index in [0.29, 0.717) is 30.9 Å². The van der Waals surface area contributed by atoms with Gasteiger partial charge in [-0.05, 0) is 44.2 Å². The van der Waals surface area contributed by atoms with Crippen LogP contribution >= 0.6 is 0 Å². The number of aryl methyl sites for hydroxylation is 1. The largest absolute Gasteiger partial charge is 0.308 e. The van der Waals surface area contributed by atoms with Gasteiger partial charge in [-0.2, -0.15) is 0 Å². The van der Waals surface area contributed by atoms with Crippen molar-refractivity contribution in [2.75, 3.05) is 0 Å². The van der Waals surface area contributed by atoms with Gasteiger partial charge in [-0.25, -0.2) is 18.2 Å². The second-order valence-corrected chi connectivity index (χ2v) is 7.10. The van der Waals surface area contributed by atoms with Crippen molar-refractivity contribution >= 4 is 0 Å². The molecule has 6 heteroatoms. The predicted molar refractivity (Wildman–Crippen MR) is 91.7 cm³/mol. The highest BCUT2D eigenvalue weighted by molar-refractivity contribution is 5.39. The molecule has 1 aromatic heterocycles. The van der Waals surface area contributed by atoms with Crippen molar-refractivity contribution in [2.24, 2.45) is 0 Å². The molecule has 1 aromatic carbocycles. The minimum atomic E-state index is -0.725. The number of hydrogen-bond acceptors (Lipinski definition) is 2. The van der Waals surface area contributed by atoms with E-state index in [1.165, 1.54) is 12.1 Å². The molecule has 1 aliphatic carbocycles. The molecule has 2 unspecified atom stereocenters. The number of aromatic nitrogens is 2. The number of hydrogen-bond donors (Lipinski definition) is 1.